The van der Waals surface area contributed by atoms with Crippen LogP contribution in [0.15, 0.2) is 0 Å². The first kappa shape index (κ1) is 22.1. The quantitative estimate of drug-likeness (QED) is 0.426. The van der Waals surface area contributed by atoms with E-state index in [0.717, 1.165) is 6.54 Å². The number of carbonyl (C=O) groups is 1. The fraction of sp³-hybridized carbons (Fsp3) is 0.933. The molecule has 0 spiro atoms. The lowest BCUT2D eigenvalue weighted by Gasteiger charge is -2.19. The van der Waals surface area contributed by atoms with E-state index in [1.54, 1.807) is 0 Å². The molecule has 23 heavy (non-hydrogen) atoms. The molecule has 0 aliphatic carbocycles. The van der Waals surface area contributed by atoms with Crippen LogP contribution in [0.25, 0.3) is 0 Å². The van der Waals surface area contributed by atoms with Crippen LogP contribution >= 0.6 is 0 Å². The highest BCUT2D eigenvalue weighted by Gasteiger charge is 2.15. The monoisotopic (exact) mass is 337 g/mol. The summed E-state index contributed by atoms with van der Waals surface area (Å²) in [6.45, 7) is 10.9. The van der Waals surface area contributed by atoms with E-state index in [-0.39, 0.29) is 0 Å². The van der Waals surface area contributed by atoms with E-state index in [1.165, 1.54) is 0 Å². The van der Waals surface area contributed by atoms with Gasteiger partial charge in [0.1, 0.15) is 5.60 Å². The largest absolute Gasteiger partial charge is 0.444 e. The molecule has 0 unspecified atom stereocenters. The number of nitrogens with one attached hydrogen (secondary N) is 1. The molecule has 8 nitrogen and oxygen atoms in total. The van der Waals surface area contributed by atoms with Crippen molar-refractivity contribution in [1.29, 1.82) is 0 Å². The van der Waals surface area contributed by atoms with Crippen LogP contribution in [0.3, 0.4) is 0 Å². The number of ether oxygens (including phenoxy) is 5. The summed E-state index contributed by atoms with van der Waals surface area (Å²) in [4.78, 5) is 11.3. The van der Waals surface area contributed by atoms with E-state index in [4.69, 9.17) is 23.7 Å². The van der Waals surface area contributed by atoms with Gasteiger partial charge in [0.05, 0.1) is 59.4 Å². The first-order chi connectivity index (χ1) is 11.0. The van der Waals surface area contributed by atoms with Crippen LogP contribution in [-0.4, -0.2) is 77.6 Å². The summed E-state index contributed by atoms with van der Waals surface area (Å²) in [5.74, 6) is 0. The molecule has 0 bridgehead atoms. The summed E-state index contributed by atoms with van der Waals surface area (Å²) >= 11 is 0. The van der Waals surface area contributed by atoms with E-state index in [1.807, 2.05) is 20.8 Å². The predicted octanol–water partition coefficient (Wildman–Crippen LogP) is -0.181. The van der Waals surface area contributed by atoms with Crippen molar-refractivity contribution in [3.05, 3.63) is 0 Å². The van der Waals surface area contributed by atoms with E-state index >= 15 is 0 Å². The Kier molecular flexibility index (Phi) is 14.1. The minimum Gasteiger partial charge on any atom is -0.444 e. The molecular formula is C15H33N2O6+. The standard InChI is InChI=1S/C15H32N2O6/c1-15(2,3)23-14(18)17-5-7-20-9-11-22-13-12-21-10-8-19-6-4-16/h4-13,16H2,1-3H3,(H,17,18)/p+1. The average molecular weight is 337 g/mol. The summed E-state index contributed by atoms with van der Waals surface area (Å²) in [7, 11) is 0. The Morgan fingerprint density at radius 3 is 1.70 bits per heavy atom. The third kappa shape index (κ3) is 19.0. The fourth-order valence-electron chi connectivity index (χ4n) is 1.40. The lowest BCUT2D eigenvalue weighted by molar-refractivity contribution is -0.374. The van der Waals surface area contributed by atoms with Gasteiger partial charge < -0.3 is 34.7 Å². The van der Waals surface area contributed by atoms with E-state index in [0.29, 0.717) is 59.4 Å². The van der Waals surface area contributed by atoms with Crippen molar-refractivity contribution in [2.24, 2.45) is 0 Å². The van der Waals surface area contributed by atoms with Crippen molar-refractivity contribution in [3.8, 4) is 0 Å². The van der Waals surface area contributed by atoms with Crippen LogP contribution in [0.4, 0.5) is 4.79 Å². The highest BCUT2D eigenvalue weighted by atomic mass is 16.6. The average Bonchev–Trinajstić information content (AvgIpc) is 2.46. The molecule has 0 heterocycles. The SMILES string of the molecule is CC(C)(C)OC(=O)NCCOCCOCCOCCOCC[NH3+]. The zero-order valence-electron chi connectivity index (χ0n) is 14.7. The summed E-state index contributed by atoms with van der Waals surface area (Å²) in [5.41, 5.74) is 3.19. The maximum absolute atomic E-state index is 11.3. The number of rotatable bonds is 14. The number of quaternary nitrogens is 1. The van der Waals surface area contributed by atoms with Gasteiger partial charge in [-0.05, 0) is 20.8 Å². The van der Waals surface area contributed by atoms with E-state index < -0.39 is 11.7 Å². The highest BCUT2D eigenvalue weighted by molar-refractivity contribution is 5.67. The maximum atomic E-state index is 11.3. The molecule has 138 valence electrons. The Balaban J connectivity index is 3.15. The minimum atomic E-state index is -0.486. The first-order valence-electron chi connectivity index (χ1n) is 8.03. The number of hydrogen-bond donors (Lipinski definition) is 2. The summed E-state index contributed by atoms with van der Waals surface area (Å²) in [6.07, 6.45) is -0.436. The van der Waals surface area contributed by atoms with Gasteiger partial charge in [0.15, 0.2) is 0 Å². The van der Waals surface area contributed by atoms with Crippen molar-refractivity contribution < 1.29 is 34.2 Å². The Morgan fingerprint density at radius 1 is 0.826 bits per heavy atom. The summed E-state index contributed by atoms with van der Waals surface area (Å²) < 4.78 is 26.3. The van der Waals surface area contributed by atoms with Gasteiger partial charge in [-0.2, -0.15) is 0 Å². The molecule has 0 fully saturated rings. The predicted molar refractivity (Wildman–Crippen MR) is 85.3 cm³/mol. The summed E-state index contributed by atoms with van der Waals surface area (Å²) in [6, 6.07) is 0. The molecular weight excluding hydrogens is 304 g/mol. The Hall–Kier alpha value is -0.930. The van der Waals surface area contributed by atoms with Crippen molar-refractivity contribution >= 4 is 6.09 Å². The van der Waals surface area contributed by atoms with Crippen molar-refractivity contribution in [3.63, 3.8) is 0 Å². The van der Waals surface area contributed by atoms with Crippen LogP contribution in [0.5, 0.6) is 0 Å². The number of alkyl carbamates (subject to hydrolysis) is 1. The Labute approximate surface area is 138 Å². The van der Waals surface area contributed by atoms with Gasteiger partial charge in [-0.3, -0.25) is 0 Å². The molecule has 0 aromatic heterocycles. The number of hydrogen-bond acceptors (Lipinski definition) is 6. The molecule has 0 aliphatic heterocycles. The van der Waals surface area contributed by atoms with Crippen LogP contribution in [0.2, 0.25) is 0 Å². The molecule has 0 rings (SSSR count). The molecule has 0 aromatic carbocycles. The highest BCUT2D eigenvalue weighted by Crippen LogP contribution is 2.05. The Morgan fingerprint density at radius 2 is 1.26 bits per heavy atom. The molecule has 0 saturated carbocycles. The molecule has 0 aliphatic rings. The zero-order chi connectivity index (χ0) is 17.4. The Bertz CT molecular complexity index is 284. The third-order valence-corrected chi connectivity index (χ3v) is 2.32. The molecule has 0 saturated heterocycles. The molecule has 0 aromatic rings. The molecule has 0 radical (unpaired) electrons. The lowest BCUT2D eigenvalue weighted by atomic mass is 10.2. The maximum Gasteiger partial charge on any atom is 0.407 e. The zero-order valence-corrected chi connectivity index (χ0v) is 14.7. The van der Waals surface area contributed by atoms with Gasteiger partial charge in [0.25, 0.3) is 0 Å². The van der Waals surface area contributed by atoms with Gasteiger partial charge in [-0.1, -0.05) is 0 Å². The van der Waals surface area contributed by atoms with Gasteiger partial charge in [-0.25, -0.2) is 4.79 Å². The van der Waals surface area contributed by atoms with E-state index in [2.05, 4.69) is 11.1 Å². The van der Waals surface area contributed by atoms with Crippen molar-refractivity contribution in [2.75, 3.05) is 65.9 Å². The van der Waals surface area contributed by atoms with Crippen LogP contribution in [0, 0.1) is 0 Å². The number of amides is 1. The summed E-state index contributed by atoms with van der Waals surface area (Å²) in [5, 5.41) is 2.62. The van der Waals surface area contributed by atoms with Crippen LogP contribution in [0.1, 0.15) is 20.8 Å². The fourth-order valence-corrected chi connectivity index (χ4v) is 1.40. The van der Waals surface area contributed by atoms with Crippen molar-refractivity contribution in [1.82, 2.24) is 5.32 Å². The van der Waals surface area contributed by atoms with Gasteiger partial charge in [0, 0.05) is 6.54 Å². The number of carbonyl (C=O) groups excluding carboxylic acids is 1. The molecule has 1 amide bonds. The first-order valence-corrected chi connectivity index (χ1v) is 8.03. The second-order valence-corrected chi connectivity index (χ2v) is 5.73. The molecule has 8 heteroatoms. The van der Waals surface area contributed by atoms with Gasteiger partial charge in [-0.15, -0.1) is 0 Å². The minimum absolute atomic E-state index is 0.408. The second-order valence-electron chi connectivity index (χ2n) is 5.73. The van der Waals surface area contributed by atoms with Crippen molar-refractivity contribution in [2.45, 2.75) is 26.4 Å². The second kappa shape index (κ2) is 14.6. The normalized spacial score (nSPS) is 11.5. The lowest BCUT2D eigenvalue weighted by Crippen LogP contribution is -2.52. The molecule has 0 atom stereocenters. The topological polar surface area (TPSA) is 103 Å². The van der Waals surface area contributed by atoms with Crippen LogP contribution < -0.4 is 11.1 Å². The van der Waals surface area contributed by atoms with Gasteiger partial charge >= 0.3 is 6.09 Å². The van der Waals surface area contributed by atoms with E-state index in [9.17, 15) is 4.79 Å². The molecule has 4 N–H and O–H groups in total. The van der Waals surface area contributed by atoms with Gasteiger partial charge in [0.2, 0.25) is 0 Å². The van der Waals surface area contributed by atoms with Crippen LogP contribution in [-0.2, 0) is 23.7 Å². The smallest absolute Gasteiger partial charge is 0.407 e. The third-order valence-electron chi connectivity index (χ3n) is 2.32.